The summed E-state index contributed by atoms with van der Waals surface area (Å²) in [4.78, 5) is 15.6. The van der Waals surface area contributed by atoms with Crippen LogP contribution in [-0.4, -0.2) is 17.4 Å². The van der Waals surface area contributed by atoms with Gasteiger partial charge in [-0.3, -0.25) is 4.79 Å². The minimum atomic E-state index is 0.0445. The molecule has 42 heavy (non-hydrogen) atoms. The first kappa shape index (κ1) is 33.4. The maximum absolute atomic E-state index is 13.6. The van der Waals surface area contributed by atoms with Gasteiger partial charge in [-0.1, -0.05) is 115 Å². The molecule has 0 N–H and O–H groups in total. The molecule has 0 aliphatic heterocycles. The average Bonchev–Trinajstić information content (AvgIpc) is 3.02. The number of hydrogen-bond acceptors (Lipinski definition) is 2. The molecule has 0 radical (unpaired) electrons. The molecule has 1 amide bonds. The van der Waals surface area contributed by atoms with Crippen molar-refractivity contribution in [2.75, 3.05) is 6.61 Å². The molecular weight excluding hydrogens is 516 g/mol. The van der Waals surface area contributed by atoms with Crippen molar-refractivity contribution in [1.29, 1.82) is 0 Å². The number of aromatic nitrogens is 1. The predicted octanol–water partition coefficient (Wildman–Crippen LogP) is 9.62. The summed E-state index contributed by atoms with van der Waals surface area (Å²) in [6, 6.07) is 20.1. The number of aryl methyl sites for hydroxylation is 1. The summed E-state index contributed by atoms with van der Waals surface area (Å²) < 4.78 is 8.43. The van der Waals surface area contributed by atoms with Crippen LogP contribution in [0.3, 0.4) is 0 Å². The van der Waals surface area contributed by atoms with Gasteiger partial charge in [0.2, 0.25) is 0 Å². The number of ether oxygens (including phenoxy) is 1. The molecule has 3 rings (SSSR count). The average molecular weight is 572 g/mol. The smallest absolute Gasteiger partial charge is 0.254 e. The second kappa shape index (κ2) is 19.9. The van der Waals surface area contributed by atoms with Crippen molar-refractivity contribution in [3.63, 3.8) is 0 Å². The van der Waals surface area contributed by atoms with Gasteiger partial charge in [0.25, 0.3) is 5.91 Å². The molecule has 1 aromatic heterocycles. The number of benzene rings is 2. The van der Waals surface area contributed by atoms with Crippen molar-refractivity contribution in [3.05, 3.63) is 95.3 Å². The Balaban J connectivity index is 1.50. The second-order valence-corrected chi connectivity index (χ2v) is 11.7. The highest BCUT2D eigenvalue weighted by Gasteiger charge is 2.19. The third kappa shape index (κ3) is 12.0. The van der Waals surface area contributed by atoms with Crippen LogP contribution in [0.5, 0.6) is 5.75 Å². The van der Waals surface area contributed by atoms with E-state index in [0.29, 0.717) is 18.7 Å². The fourth-order valence-electron chi connectivity index (χ4n) is 5.50. The van der Waals surface area contributed by atoms with Gasteiger partial charge >= 0.3 is 0 Å². The Kier molecular flexibility index (Phi) is 15.8. The lowest BCUT2D eigenvalue weighted by atomic mass is 10.1. The molecule has 0 aliphatic rings. The number of nitrogens with zero attached hydrogens (tertiary/aromatic N) is 2. The van der Waals surface area contributed by atoms with Crippen LogP contribution in [0.15, 0.2) is 73.1 Å². The van der Waals surface area contributed by atoms with E-state index in [9.17, 15) is 4.79 Å². The highest BCUT2D eigenvalue weighted by Crippen LogP contribution is 2.24. The first-order valence-corrected chi connectivity index (χ1v) is 16.7. The number of unbranched alkanes of at least 4 members (excludes halogenated alkanes) is 11. The molecule has 0 atom stereocenters. The summed E-state index contributed by atoms with van der Waals surface area (Å²) in [5.74, 6) is 0.978. The largest absolute Gasteiger partial charge is 0.493 e. The fourth-order valence-corrected chi connectivity index (χ4v) is 5.50. The third-order valence-electron chi connectivity index (χ3n) is 8.14. The summed E-state index contributed by atoms with van der Waals surface area (Å²) in [7, 11) is 0. The lowest BCUT2D eigenvalue weighted by Crippen LogP contribution is -2.33. The van der Waals surface area contributed by atoms with Gasteiger partial charge in [-0.2, -0.15) is 0 Å². The van der Waals surface area contributed by atoms with Gasteiger partial charge in [0.15, 0.2) is 12.4 Å². The molecule has 4 heteroatoms. The van der Waals surface area contributed by atoms with Gasteiger partial charge < -0.3 is 9.64 Å². The molecule has 0 saturated carbocycles. The van der Waals surface area contributed by atoms with Crippen molar-refractivity contribution < 1.29 is 14.1 Å². The summed E-state index contributed by atoms with van der Waals surface area (Å²) in [6.45, 7) is 9.43. The third-order valence-corrected chi connectivity index (χ3v) is 8.14. The van der Waals surface area contributed by atoms with Crippen LogP contribution in [0.1, 0.15) is 124 Å². The Morgan fingerprint density at radius 1 is 0.690 bits per heavy atom. The second-order valence-electron chi connectivity index (χ2n) is 11.7. The molecule has 1 heterocycles. The summed E-state index contributed by atoms with van der Waals surface area (Å²) >= 11 is 0. The van der Waals surface area contributed by atoms with Crippen LogP contribution >= 0.6 is 0 Å². The number of pyridine rings is 1. The van der Waals surface area contributed by atoms with E-state index in [2.05, 4.69) is 68.1 Å². The molecule has 0 unspecified atom stereocenters. The van der Waals surface area contributed by atoms with E-state index in [0.717, 1.165) is 48.4 Å². The monoisotopic (exact) mass is 571 g/mol. The first-order valence-electron chi connectivity index (χ1n) is 16.7. The number of rotatable bonds is 21. The number of carbonyl (C=O) groups excluding carboxylic acids is 1. The maximum Gasteiger partial charge on any atom is 0.254 e. The first-order chi connectivity index (χ1) is 20.6. The topological polar surface area (TPSA) is 33.4 Å². The number of hydrogen-bond donors (Lipinski definition) is 0. The number of amides is 1. The van der Waals surface area contributed by atoms with Crippen LogP contribution < -0.4 is 9.30 Å². The molecule has 2 aromatic carbocycles. The van der Waals surface area contributed by atoms with E-state index in [-0.39, 0.29) is 5.91 Å². The van der Waals surface area contributed by atoms with Crippen molar-refractivity contribution in [1.82, 2.24) is 4.90 Å². The number of carbonyl (C=O) groups is 1. The van der Waals surface area contributed by atoms with Crippen LogP contribution in [-0.2, 0) is 19.6 Å². The van der Waals surface area contributed by atoms with Crippen LogP contribution in [0.2, 0.25) is 0 Å². The van der Waals surface area contributed by atoms with E-state index in [1.165, 1.54) is 70.6 Å². The van der Waals surface area contributed by atoms with E-state index < -0.39 is 0 Å². The van der Waals surface area contributed by atoms with E-state index >= 15 is 0 Å². The quantitative estimate of drug-likeness (QED) is 0.0942. The predicted molar refractivity (Wildman–Crippen MR) is 175 cm³/mol. The fraction of sp³-hybridized carbons (Fsp3) is 0.526. The minimum absolute atomic E-state index is 0.0445. The lowest BCUT2D eigenvalue weighted by molar-refractivity contribution is -0.697. The van der Waals surface area contributed by atoms with Crippen molar-refractivity contribution in [3.8, 4) is 5.75 Å². The zero-order chi connectivity index (χ0) is 29.8. The molecule has 3 aromatic rings. The Labute approximate surface area is 256 Å². The lowest BCUT2D eigenvalue weighted by Gasteiger charge is -2.24. The molecule has 0 fully saturated rings. The SMILES string of the molecule is CCCCCCCCCCCCCCOc1cccc(CN(Cc2cc[n+](CCC)cc2)C(=O)c2ccccc2)c1C. The normalized spacial score (nSPS) is 11.0. The van der Waals surface area contributed by atoms with Gasteiger partial charge in [-0.05, 0) is 48.2 Å². The van der Waals surface area contributed by atoms with Gasteiger partial charge in [-0.15, -0.1) is 0 Å². The summed E-state index contributed by atoms with van der Waals surface area (Å²) in [6.07, 6.45) is 21.4. The van der Waals surface area contributed by atoms with E-state index in [1.54, 1.807) is 0 Å². The summed E-state index contributed by atoms with van der Waals surface area (Å²) in [5.41, 5.74) is 4.09. The Morgan fingerprint density at radius 2 is 1.31 bits per heavy atom. The molecule has 228 valence electrons. The molecule has 0 spiro atoms. The van der Waals surface area contributed by atoms with Crippen LogP contribution in [0.4, 0.5) is 0 Å². The summed E-state index contributed by atoms with van der Waals surface area (Å²) in [5, 5.41) is 0. The standard InChI is InChI=1S/C38H55N2O2/c1-4-6-7-8-9-10-11-12-13-14-15-19-30-42-37-24-20-23-36(33(37)3)32-40(38(41)35-21-17-16-18-22-35)31-34-25-28-39(27-5-2)29-26-34/h16-18,20-26,28-29H,4-15,19,27,30-32H2,1-3H3/q+1. The Morgan fingerprint density at radius 3 is 1.93 bits per heavy atom. The minimum Gasteiger partial charge on any atom is -0.493 e. The highest BCUT2D eigenvalue weighted by atomic mass is 16.5. The van der Waals surface area contributed by atoms with Gasteiger partial charge in [0, 0.05) is 37.2 Å². The molecule has 0 bridgehead atoms. The Hall–Kier alpha value is -3.14. The maximum atomic E-state index is 13.6. The van der Waals surface area contributed by atoms with Crippen molar-refractivity contribution in [2.24, 2.45) is 0 Å². The molecule has 0 saturated heterocycles. The zero-order valence-electron chi connectivity index (χ0n) is 26.7. The highest BCUT2D eigenvalue weighted by molar-refractivity contribution is 5.94. The Bertz CT molecular complexity index is 1140. The van der Waals surface area contributed by atoms with Crippen molar-refractivity contribution >= 4 is 5.91 Å². The van der Waals surface area contributed by atoms with Crippen LogP contribution in [0.25, 0.3) is 0 Å². The molecule has 4 nitrogen and oxygen atoms in total. The van der Waals surface area contributed by atoms with Gasteiger partial charge in [0.05, 0.1) is 6.61 Å². The zero-order valence-corrected chi connectivity index (χ0v) is 26.7. The molecule has 0 aliphatic carbocycles. The van der Waals surface area contributed by atoms with Crippen molar-refractivity contribution in [2.45, 2.75) is 124 Å². The van der Waals surface area contributed by atoms with E-state index in [1.807, 2.05) is 35.2 Å². The van der Waals surface area contributed by atoms with E-state index in [4.69, 9.17) is 4.74 Å². The molecular formula is C38H55N2O2+. The van der Waals surface area contributed by atoms with Crippen LogP contribution in [0, 0.1) is 6.92 Å². The van der Waals surface area contributed by atoms with Gasteiger partial charge in [-0.25, -0.2) is 4.57 Å². The van der Waals surface area contributed by atoms with Gasteiger partial charge in [0.1, 0.15) is 12.3 Å².